The molecular weight excluding hydrogens is 398 g/mol. The fourth-order valence-corrected chi connectivity index (χ4v) is 2.24. The van der Waals surface area contributed by atoms with Crippen LogP contribution < -0.4 is 11.5 Å². The quantitative estimate of drug-likeness (QED) is 0.323. The van der Waals surface area contributed by atoms with Gasteiger partial charge in [0, 0.05) is 30.9 Å². The van der Waals surface area contributed by atoms with Crippen LogP contribution in [-0.4, -0.2) is 25.9 Å². The second kappa shape index (κ2) is 8.37. The minimum Gasteiger partial charge on any atom is -0.399 e. The predicted molar refractivity (Wildman–Crippen MR) is 81.3 cm³/mol. The van der Waals surface area contributed by atoms with Crippen molar-refractivity contribution in [1.29, 1.82) is 0 Å². The average molecular weight is 412 g/mol. The number of anilines is 2. The van der Waals surface area contributed by atoms with Gasteiger partial charge in [0.2, 0.25) is 0 Å². The van der Waals surface area contributed by atoms with Crippen LogP contribution >= 0.6 is 0 Å². The van der Waals surface area contributed by atoms with E-state index in [1.165, 1.54) is 48.5 Å². The molecule has 0 bridgehead atoms. The zero-order chi connectivity index (χ0) is 17.0. The minimum atomic E-state index is -4.08. The van der Waals surface area contributed by atoms with Gasteiger partial charge in [-0.15, -0.1) is 0 Å². The Morgan fingerprint density at radius 2 is 0.826 bits per heavy atom. The molecule has 0 heterocycles. The van der Waals surface area contributed by atoms with Crippen molar-refractivity contribution in [2.75, 3.05) is 11.5 Å². The maximum atomic E-state index is 10.5. The first-order valence-corrected chi connectivity index (χ1v) is 8.54. The van der Waals surface area contributed by atoms with Crippen LogP contribution in [0.4, 0.5) is 11.4 Å². The van der Waals surface area contributed by atoms with Crippen molar-refractivity contribution in [3.05, 3.63) is 48.5 Å². The van der Waals surface area contributed by atoms with Crippen LogP contribution in [0.5, 0.6) is 0 Å². The molecule has 0 atom stereocenters. The van der Waals surface area contributed by atoms with Gasteiger partial charge in [-0.3, -0.25) is 9.11 Å². The largest absolute Gasteiger partial charge is 0.399 e. The van der Waals surface area contributed by atoms with Gasteiger partial charge in [0.05, 0.1) is 9.79 Å². The Kier molecular flexibility index (Phi) is 7.82. The smallest absolute Gasteiger partial charge is 0.294 e. The van der Waals surface area contributed by atoms with Gasteiger partial charge < -0.3 is 11.5 Å². The monoisotopic (exact) mass is 410 g/mol. The number of nitrogens with two attached hydrogens (primary N) is 2. The van der Waals surface area contributed by atoms with Gasteiger partial charge in [0.1, 0.15) is 0 Å². The summed E-state index contributed by atoms with van der Waals surface area (Å²) in [5, 5.41) is 0. The van der Waals surface area contributed by atoms with Gasteiger partial charge in [-0.1, -0.05) is 0 Å². The van der Waals surface area contributed by atoms with Crippen molar-refractivity contribution in [1.82, 2.24) is 0 Å². The Bertz CT molecular complexity index is 761. The molecule has 6 N–H and O–H groups in total. The van der Waals surface area contributed by atoms with E-state index < -0.39 is 20.2 Å². The number of hydrogen-bond acceptors (Lipinski definition) is 6. The van der Waals surface area contributed by atoms with Gasteiger partial charge in [-0.2, -0.15) is 16.8 Å². The van der Waals surface area contributed by atoms with E-state index >= 15 is 0 Å². The molecule has 0 fully saturated rings. The summed E-state index contributed by atoms with van der Waals surface area (Å²) in [6, 6.07) is 10.6. The van der Waals surface area contributed by atoms with E-state index in [-0.39, 0.29) is 29.3 Å². The fraction of sp³-hybridized carbons (Fsp3) is 0. The van der Waals surface area contributed by atoms with Crippen molar-refractivity contribution in [3.63, 3.8) is 0 Å². The standard InChI is InChI=1S/2C6H7NO3S.Zn/c2*7-5-1-3-6(4-2-5)11(8,9)10;/h2*1-4H,7H2,(H,8,9,10);. The van der Waals surface area contributed by atoms with Gasteiger partial charge in [0.25, 0.3) is 20.2 Å². The normalized spacial score (nSPS) is 10.9. The Hall–Kier alpha value is -1.52. The third kappa shape index (κ3) is 7.53. The van der Waals surface area contributed by atoms with Gasteiger partial charge in [0.15, 0.2) is 0 Å². The van der Waals surface area contributed by atoms with Crippen molar-refractivity contribution >= 4 is 31.6 Å². The van der Waals surface area contributed by atoms with Crippen LogP contribution in [-0.2, 0) is 39.7 Å². The molecule has 2 aromatic rings. The Balaban J connectivity index is 0.000000403. The van der Waals surface area contributed by atoms with E-state index in [9.17, 15) is 16.8 Å². The Morgan fingerprint density at radius 1 is 0.609 bits per heavy atom. The van der Waals surface area contributed by atoms with Crippen molar-refractivity contribution in [2.45, 2.75) is 9.79 Å². The summed E-state index contributed by atoms with van der Waals surface area (Å²) in [7, 11) is -8.15. The fourth-order valence-electron chi connectivity index (χ4n) is 1.28. The van der Waals surface area contributed by atoms with Gasteiger partial charge in [-0.05, 0) is 48.5 Å². The average Bonchev–Trinajstić information content (AvgIpc) is 2.38. The maximum Gasteiger partial charge on any atom is 0.294 e. The van der Waals surface area contributed by atoms with Crippen LogP contribution in [0.15, 0.2) is 58.3 Å². The number of benzene rings is 2. The van der Waals surface area contributed by atoms with Crippen molar-refractivity contribution in [3.8, 4) is 0 Å². The van der Waals surface area contributed by atoms with E-state index in [1.54, 1.807) is 0 Å². The number of rotatable bonds is 2. The first kappa shape index (κ1) is 21.5. The SMILES string of the molecule is Nc1ccc(S(=O)(=O)O)cc1.Nc1ccc(S(=O)(=O)O)cc1.[Zn]. The first-order chi connectivity index (χ1) is 10.00. The van der Waals surface area contributed by atoms with Gasteiger partial charge in [-0.25, -0.2) is 0 Å². The summed E-state index contributed by atoms with van der Waals surface area (Å²) in [5.41, 5.74) is 11.5. The van der Waals surface area contributed by atoms with E-state index in [4.69, 9.17) is 20.6 Å². The summed E-state index contributed by atoms with van der Waals surface area (Å²) >= 11 is 0. The molecule has 11 heteroatoms. The van der Waals surface area contributed by atoms with Crippen LogP contribution in [0.3, 0.4) is 0 Å². The second-order valence-corrected chi connectivity index (χ2v) is 6.93. The zero-order valence-electron chi connectivity index (χ0n) is 11.8. The van der Waals surface area contributed by atoms with E-state index in [1.807, 2.05) is 0 Å². The molecule has 0 aliphatic heterocycles. The summed E-state index contributed by atoms with van der Waals surface area (Å²) in [5.74, 6) is 0. The first-order valence-electron chi connectivity index (χ1n) is 5.66. The molecule has 8 nitrogen and oxygen atoms in total. The molecule has 0 aliphatic rings. The molecule has 122 valence electrons. The molecule has 0 unspecified atom stereocenters. The second-order valence-electron chi connectivity index (χ2n) is 4.09. The van der Waals surface area contributed by atoms with Crippen LogP contribution in [0.1, 0.15) is 0 Å². The molecular formula is C12H14N2O6S2Zn. The molecule has 23 heavy (non-hydrogen) atoms. The zero-order valence-corrected chi connectivity index (χ0v) is 16.4. The van der Waals surface area contributed by atoms with Crippen molar-refractivity contribution in [2.24, 2.45) is 0 Å². The molecule has 0 saturated carbocycles. The Labute approximate surface area is 146 Å². The third-order valence-electron chi connectivity index (χ3n) is 2.36. The third-order valence-corrected chi connectivity index (χ3v) is 4.09. The molecule has 2 aromatic carbocycles. The molecule has 0 radical (unpaired) electrons. The van der Waals surface area contributed by atoms with Crippen molar-refractivity contribution < 1.29 is 45.4 Å². The van der Waals surface area contributed by atoms with Crippen LogP contribution in [0.2, 0.25) is 0 Å². The van der Waals surface area contributed by atoms with E-state index in [2.05, 4.69) is 0 Å². The molecule has 0 aromatic heterocycles. The molecule has 0 amide bonds. The molecule has 0 spiro atoms. The van der Waals surface area contributed by atoms with E-state index in [0.717, 1.165) is 0 Å². The summed E-state index contributed by atoms with van der Waals surface area (Å²) in [6.07, 6.45) is 0. The minimum absolute atomic E-state index is 0. The predicted octanol–water partition coefficient (Wildman–Crippen LogP) is 1.03. The van der Waals surface area contributed by atoms with Gasteiger partial charge >= 0.3 is 0 Å². The maximum absolute atomic E-state index is 10.5. The summed E-state index contributed by atoms with van der Waals surface area (Å²) in [4.78, 5) is -0.293. The number of hydrogen-bond donors (Lipinski definition) is 4. The molecule has 0 aliphatic carbocycles. The summed E-state index contributed by atoms with van der Waals surface area (Å²) < 4.78 is 58.9. The topological polar surface area (TPSA) is 161 Å². The van der Waals surface area contributed by atoms with Crippen LogP contribution in [0, 0.1) is 0 Å². The molecule has 2 rings (SSSR count). The molecule has 0 saturated heterocycles. The summed E-state index contributed by atoms with van der Waals surface area (Å²) in [6.45, 7) is 0. The number of nitrogen functional groups attached to an aromatic ring is 2. The Morgan fingerprint density at radius 3 is 1.00 bits per heavy atom. The van der Waals surface area contributed by atoms with E-state index in [0.29, 0.717) is 11.4 Å². The van der Waals surface area contributed by atoms with Crippen LogP contribution in [0.25, 0.3) is 0 Å².